The first-order valence-corrected chi connectivity index (χ1v) is 5.84. The van der Waals surface area contributed by atoms with Crippen molar-refractivity contribution in [3.8, 4) is 5.75 Å². The molecule has 0 bridgehead atoms. The summed E-state index contributed by atoms with van der Waals surface area (Å²) >= 11 is 0. The van der Waals surface area contributed by atoms with E-state index in [4.69, 9.17) is 10.5 Å². The normalized spacial score (nSPS) is 19.3. The summed E-state index contributed by atoms with van der Waals surface area (Å²) in [5, 5.41) is 0. The molecular formula is C13H20N2O. The van der Waals surface area contributed by atoms with Gasteiger partial charge in [0.15, 0.2) is 0 Å². The predicted octanol–water partition coefficient (Wildman–Crippen LogP) is 2.09. The maximum atomic E-state index is 5.76. The van der Waals surface area contributed by atoms with Gasteiger partial charge in [-0.25, -0.2) is 0 Å². The van der Waals surface area contributed by atoms with E-state index < -0.39 is 0 Å². The Hall–Kier alpha value is -1.22. The molecule has 1 unspecified atom stereocenters. The monoisotopic (exact) mass is 220 g/mol. The van der Waals surface area contributed by atoms with Gasteiger partial charge in [0.05, 0.1) is 6.61 Å². The van der Waals surface area contributed by atoms with Gasteiger partial charge in [0.2, 0.25) is 0 Å². The lowest BCUT2D eigenvalue weighted by molar-refractivity contribution is 0.254. The van der Waals surface area contributed by atoms with Crippen molar-refractivity contribution in [3.05, 3.63) is 23.8 Å². The first kappa shape index (κ1) is 11.3. The lowest BCUT2D eigenvalue weighted by atomic mass is 9.90. The molecule has 1 aromatic rings. The van der Waals surface area contributed by atoms with Crippen LogP contribution in [-0.2, 0) is 0 Å². The molecule has 0 saturated carbocycles. The second-order valence-corrected chi connectivity index (χ2v) is 4.72. The summed E-state index contributed by atoms with van der Waals surface area (Å²) in [4.78, 5) is 2.23. The zero-order valence-corrected chi connectivity index (χ0v) is 10.1. The van der Waals surface area contributed by atoms with E-state index in [1.54, 1.807) is 0 Å². The summed E-state index contributed by atoms with van der Waals surface area (Å²) in [5.41, 5.74) is 7.87. The molecule has 0 saturated heterocycles. The van der Waals surface area contributed by atoms with Crippen molar-refractivity contribution >= 4 is 5.69 Å². The van der Waals surface area contributed by atoms with Crippen LogP contribution in [0, 0.1) is 0 Å². The number of benzene rings is 1. The van der Waals surface area contributed by atoms with E-state index in [9.17, 15) is 0 Å². The van der Waals surface area contributed by atoms with Gasteiger partial charge in [-0.05, 0) is 51.0 Å². The molecule has 16 heavy (non-hydrogen) atoms. The van der Waals surface area contributed by atoms with E-state index in [1.165, 1.54) is 12.0 Å². The van der Waals surface area contributed by atoms with E-state index >= 15 is 0 Å². The second-order valence-electron chi connectivity index (χ2n) is 4.72. The smallest absolute Gasteiger partial charge is 0.124 e. The Morgan fingerprint density at radius 3 is 3.00 bits per heavy atom. The fourth-order valence-electron chi connectivity index (χ4n) is 2.19. The Bertz CT molecular complexity index is 363. The topological polar surface area (TPSA) is 38.5 Å². The van der Waals surface area contributed by atoms with Gasteiger partial charge in [-0.3, -0.25) is 0 Å². The number of ether oxygens (including phenoxy) is 1. The van der Waals surface area contributed by atoms with Crippen molar-refractivity contribution in [2.45, 2.75) is 18.8 Å². The molecule has 2 N–H and O–H groups in total. The number of nitrogens with zero attached hydrogens (tertiary/aromatic N) is 1. The third-order valence-electron chi connectivity index (χ3n) is 3.13. The molecule has 0 aromatic heterocycles. The second kappa shape index (κ2) is 4.74. The Labute approximate surface area is 97.2 Å². The Kier molecular flexibility index (Phi) is 3.34. The molecule has 1 aromatic carbocycles. The van der Waals surface area contributed by atoms with Gasteiger partial charge < -0.3 is 15.4 Å². The van der Waals surface area contributed by atoms with Gasteiger partial charge in [0.1, 0.15) is 5.75 Å². The Balaban J connectivity index is 2.13. The molecule has 1 aliphatic heterocycles. The summed E-state index contributed by atoms with van der Waals surface area (Å²) in [7, 11) is 4.23. The van der Waals surface area contributed by atoms with E-state index in [0.29, 0.717) is 5.92 Å². The first-order valence-electron chi connectivity index (χ1n) is 5.84. The fraction of sp³-hybridized carbons (Fsp3) is 0.538. The van der Waals surface area contributed by atoms with E-state index in [0.717, 1.165) is 31.0 Å². The average molecular weight is 220 g/mol. The fourth-order valence-corrected chi connectivity index (χ4v) is 2.19. The van der Waals surface area contributed by atoms with Crippen LogP contribution in [0.2, 0.25) is 0 Å². The number of rotatable bonds is 3. The van der Waals surface area contributed by atoms with Crippen LogP contribution >= 0.6 is 0 Å². The number of anilines is 1. The molecule has 0 aliphatic carbocycles. The average Bonchev–Trinajstić information content (AvgIpc) is 2.25. The van der Waals surface area contributed by atoms with Gasteiger partial charge in [-0.15, -0.1) is 0 Å². The lowest BCUT2D eigenvalue weighted by Gasteiger charge is -2.27. The van der Waals surface area contributed by atoms with Gasteiger partial charge in [-0.2, -0.15) is 0 Å². The van der Waals surface area contributed by atoms with Crippen LogP contribution in [0.4, 0.5) is 5.69 Å². The number of hydrogen-bond acceptors (Lipinski definition) is 3. The molecule has 1 atom stereocenters. The first-order chi connectivity index (χ1) is 7.66. The van der Waals surface area contributed by atoms with Crippen LogP contribution in [0.3, 0.4) is 0 Å². The number of hydrogen-bond donors (Lipinski definition) is 1. The maximum Gasteiger partial charge on any atom is 0.124 e. The molecule has 0 fully saturated rings. The molecule has 0 radical (unpaired) electrons. The van der Waals surface area contributed by atoms with Gasteiger partial charge >= 0.3 is 0 Å². The van der Waals surface area contributed by atoms with Gasteiger partial charge in [-0.1, -0.05) is 6.07 Å². The van der Waals surface area contributed by atoms with Crippen molar-refractivity contribution < 1.29 is 4.74 Å². The maximum absolute atomic E-state index is 5.76. The molecule has 1 heterocycles. The largest absolute Gasteiger partial charge is 0.493 e. The van der Waals surface area contributed by atoms with Crippen LogP contribution in [-0.4, -0.2) is 32.1 Å². The molecule has 88 valence electrons. The van der Waals surface area contributed by atoms with Gasteiger partial charge in [0.25, 0.3) is 0 Å². The summed E-state index contributed by atoms with van der Waals surface area (Å²) in [6, 6.07) is 6.03. The third-order valence-corrected chi connectivity index (χ3v) is 3.13. The quantitative estimate of drug-likeness (QED) is 0.793. The highest BCUT2D eigenvalue weighted by molar-refractivity contribution is 5.50. The van der Waals surface area contributed by atoms with Crippen molar-refractivity contribution in [2.75, 3.05) is 33.0 Å². The standard InChI is InChI=1S/C13H20N2O/c1-15(2)7-5-10-6-8-16-13-9-11(14)3-4-12(10)13/h3-4,9-10H,5-8,14H2,1-2H3. The van der Waals surface area contributed by atoms with Crippen molar-refractivity contribution in [2.24, 2.45) is 0 Å². The van der Waals surface area contributed by atoms with E-state index in [1.807, 2.05) is 12.1 Å². The minimum absolute atomic E-state index is 0.617. The predicted molar refractivity (Wildman–Crippen MR) is 66.9 cm³/mol. The van der Waals surface area contributed by atoms with Crippen molar-refractivity contribution in [1.29, 1.82) is 0 Å². The zero-order chi connectivity index (χ0) is 11.5. The van der Waals surface area contributed by atoms with Crippen LogP contribution < -0.4 is 10.5 Å². The highest BCUT2D eigenvalue weighted by atomic mass is 16.5. The van der Waals surface area contributed by atoms with Crippen molar-refractivity contribution in [1.82, 2.24) is 4.90 Å². The highest BCUT2D eigenvalue weighted by Gasteiger charge is 2.21. The lowest BCUT2D eigenvalue weighted by Crippen LogP contribution is -2.20. The molecule has 0 amide bonds. The van der Waals surface area contributed by atoms with E-state index in [-0.39, 0.29) is 0 Å². The zero-order valence-electron chi connectivity index (χ0n) is 10.1. The molecule has 3 nitrogen and oxygen atoms in total. The minimum atomic E-state index is 0.617. The van der Waals surface area contributed by atoms with Crippen molar-refractivity contribution in [3.63, 3.8) is 0 Å². The highest BCUT2D eigenvalue weighted by Crippen LogP contribution is 2.36. The summed E-state index contributed by atoms with van der Waals surface area (Å²) in [5.74, 6) is 1.60. The number of fused-ring (bicyclic) bond motifs is 1. The molecular weight excluding hydrogens is 200 g/mol. The molecule has 0 spiro atoms. The summed E-state index contributed by atoms with van der Waals surface area (Å²) in [6.45, 7) is 1.93. The summed E-state index contributed by atoms with van der Waals surface area (Å²) < 4.78 is 5.65. The van der Waals surface area contributed by atoms with Crippen LogP contribution in [0.5, 0.6) is 5.75 Å². The Morgan fingerprint density at radius 1 is 1.44 bits per heavy atom. The number of nitrogens with two attached hydrogens (primary N) is 1. The van der Waals surface area contributed by atoms with Crippen LogP contribution in [0.1, 0.15) is 24.3 Å². The Morgan fingerprint density at radius 2 is 2.25 bits per heavy atom. The number of nitrogen functional groups attached to an aromatic ring is 1. The summed E-state index contributed by atoms with van der Waals surface area (Å²) in [6.07, 6.45) is 2.30. The SMILES string of the molecule is CN(C)CCC1CCOc2cc(N)ccc21. The van der Waals surface area contributed by atoms with E-state index in [2.05, 4.69) is 25.1 Å². The molecule has 1 aliphatic rings. The van der Waals surface area contributed by atoms with Gasteiger partial charge in [0, 0.05) is 11.8 Å². The minimum Gasteiger partial charge on any atom is -0.493 e. The van der Waals surface area contributed by atoms with Crippen LogP contribution in [0.15, 0.2) is 18.2 Å². The van der Waals surface area contributed by atoms with Crippen LogP contribution in [0.25, 0.3) is 0 Å². The molecule has 3 heteroatoms. The molecule has 2 rings (SSSR count). The third kappa shape index (κ3) is 2.47.